The molecule has 2 aromatic rings. The number of rotatable bonds is 6. The molecule has 0 N–H and O–H groups in total. The molecule has 1 fully saturated rings. The van der Waals surface area contributed by atoms with Gasteiger partial charge in [0, 0.05) is 51.0 Å². The molecule has 0 radical (unpaired) electrons. The lowest BCUT2D eigenvalue weighted by atomic mass is 10.2. The summed E-state index contributed by atoms with van der Waals surface area (Å²) in [5.41, 5.74) is 2.18. The van der Waals surface area contributed by atoms with Crippen molar-refractivity contribution in [3.8, 4) is 0 Å². The van der Waals surface area contributed by atoms with Crippen molar-refractivity contribution in [1.82, 2.24) is 28.8 Å². The van der Waals surface area contributed by atoms with E-state index in [-0.39, 0.29) is 10.6 Å². The van der Waals surface area contributed by atoms with Gasteiger partial charge in [-0.2, -0.15) is 23.3 Å². The SMILES string of the molecule is CCn1cc(CN2CCN(S(=O)(=O)c3cn(C(F)F)nc3C)CC2)c(C)n1. The molecule has 0 spiro atoms. The average molecular weight is 402 g/mol. The first-order valence-electron chi connectivity index (χ1n) is 8.81. The Kier molecular flexibility index (Phi) is 5.63. The standard InChI is InChI=1S/C16H24F2N6O2S/c1-4-22-10-14(12(2)19-22)9-21-5-7-23(8-6-21)27(25,26)15-11-24(16(17)18)20-13(15)3/h10-11,16H,4-9H2,1-3H3. The summed E-state index contributed by atoms with van der Waals surface area (Å²) in [6, 6.07) is 0. The number of halogens is 2. The largest absolute Gasteiger partial charge is 0.333 e. The summed E-state index contributed by atoms with van der Waals surface area (Å²) in [7, 11) is -3.84. The molecule has 0 amide bonds. The monoisotopic (exact) mass is 402 g/mol. The molecule has 8 nitrogen and oxygen atoms in total. The molecule has 3 heterocycles. The van der Waals surface area contributed by atoms with Crippen LogP contribution in [0.4, 0.5) is 8.78 Å². The Bertz CT molecular complexity index is 900. The summed E-state index contributed by atoms with van der Waals surface area (Å²) in [6.45, 7) is 5.82. The predicted molar refractivity (Wildman–Crippen MR) is 94.9 cm³/mol. The molecular formula is C16H24F2N6O2S. The zero-order chi connectivity index (χ0) is 19.8. The highest BCUT2D eigenvalue weighted by atomic mass is 32.2. The molecule has 150 valence electrons. The summed E-state index contributed by atoms with van der Waals surface area (Å²) in [6.07, 6.45) is 2.92. The van der Waals surface area contributed by atoms with E-state index >= 15 is 0 Å². The van der Waals surface area contributed by atoms with E-state index in [0.717, 1.165) is 24.0 Å². The second kappa shape index (κ2) is 7.64. The second-order valence-electron chi connectivity index (χ2n) is 6.61. The van der Waals surface area contributed by atoms with E-state index in [2.05, 4.69) is 15.1 Å². The highest BCUT2D eigenvalue weighted by molar-refractivity contribution is 7.89. The molecule has 2 aromatic heterocycles. The van der Waals surface area contributed by atoms with Gasteiger partial charge in [-0.15, -0.1) is 0 Å². The number of aryl methyl sites for hydroxylation is 3. The van der Waals surface area contributed by atoms with Crippen molar-refractivity contribution in [2.45, 2.75) is 45.3 Å². The van der Waals surface area contributed by atoms with Gasteiger partial charge in [0.2, 0.25) is 10.0 Å². The molecular weight excluding hydrogens is 378 g/mol. The quantitative estimate of drug-likeness (QED) is 0.734. The molecule has 3 rings (SSSR count). The van der Waals surface area contributed by atoms with Gasteiger partial charge in [-0.1, -0.05) is 0 Å². The summed E-state index contributed by atoms with van der Waals surface area (Å²) < 4.78 is 54.8. The van der Waals surface area contributed by atoms with Gasteiger partial charge in [-0.05, 0) is 20.8 Å². The molecule has 0 unspecified atom stereocenters. The van der Waals surface area contributed by atoms with Crippen molar-refractivity contribution < 1.29 is 17.2 Å². The van der Waals surface area contributed by atoms with Crippen molar-refractivity contribution in [2.24, 2.45) is 0 Å². The molecule has 1 aliphatic heterocycles. The predicted octanol–water partition coefficient (Wildman–Crippen LogP) is 1.62. The maximum Gasteiger partial charge on any atom is 0.333 e. The summed E-state index contributed by atoms with van der Waals surface area (Å²) >= 11 is 0. The molecule has 1 aliphatic rings. The smallest absolute Gasteiger partial charge is 0.296 e. The number of sulfonamides is 1. The number of aromatic nitrogens is 4. The fourth-order valence-electron chi connectivity index (χ4n) is 3.20. The molecule has 0 saturated carbocycles. The third-order valence-electron chi connectivity index (χ3n) is 4.79. The normalized spacial score (nSPS) is 17.1. The fourth-order valence-corrected chi connectivity index (χ4v) is 4.78. The van der Waals surface area contributed by atoms with Crippen LogP contribution in [0.5, 0.6) is 0 Å². The van der Waals surface area contributed by atoms with Gasteiger partial charge in [0.25, 0.3) is 0 Å². The van der Waals surface area contributed by atoms with Crippen LogP contribution in [0.1, 0.15) is 30.4 Å². The van der Waals surface area contributed by atoms with Crippen LogP contribution >= 0.6 is 0 Å². The van der Waals surface area contributed by atoms with Crippen LogP contribution in [0.25, 0.3) is 0 Å². The van der Waals surface area contributed by atoms with E-state index in [1.54, 1.807) is 0 Å². The van der Waals surface area contributed by atoms with Gasteiger partial charge in [0.15, 0.2) is 0 Å². The Morgan fingerprint density at radius 3 is 2.26 bits per heavy atom. The third kappa shape index (κ3) is 4.04. The molecule has 27 heavy (non-hydrogen) atoms. The minimum absolute atomic E-state index is 0.0836. The van der Waals surface area contributed by atoms with Crippen LogP contribution in [0.15, 0.2) is 17.3 Å². The number of nitrogens with zero attached hydrogens (tertiary/aromatic N) is 6. The average Bonchev–Trinajstić information content (AvgIpc) is 3.19. The van der Waals surface area contributed by atoms with Crippen molar-refractivity contribution in [1.29, 1.82) is 0 Å². The minimum atomic E-state index is -3.84. The lowest BCUT2D eigenvalue weighted by Gasteiger charge is -2.33. The fraction of sp³-hybridized carbons (Fsp3) is 0.625. The zero-order valence-corrected chi connectivity index (χ0v) is 16.5. The zero-order valence-electron chi connectivity index (χ0n) is 15.6. The Morgan fingerprint density at radius 2 is 1.74 bits per heavy atom. The van der Waals surface area contributed by atoms with Gasteiger partial charge in [-0.25, -0.2) is 13.1 Å². The van der Waals surface area contributed by atoms with Gasteiger partial charge in [0.1, 0.15) is 4.90 Å². The van der Waals surface area contributed by atoms with E-state index < -0.39 is 16.6 Å². The van der Waals surface area contributed by atoms with Crippen LogP contribution in [-0.4, -0.2) is 63.4 Å². The molecule has 0 atom stereocenters. The van der Waals surface area contributed by atoms with Gasteiger partial charge < -0.3 is 0 Å². The highest BCUT2D eigenvalue weighted by Crippen LogP contribution is 2.23. The van der Waals surface area contributed by atoms with Gasteiger partial charge >= 0.3 is 6.55 Å². The number of alkyl halides is 2. The Hall–Kier alpha value is -1.85. The molecule has 11 heteroatoms. The number of hydrogen-bond acceptors (Lipinski definition) is 5. The number of hydrogen-bond donors (Lipinski definition) is 0. The summed E-state index contributed by atoms with van der Waals surface area (Å²) in [5.74, 6) is 0. The Balaban J connectivity index is 1.66. The van der Waals surface area contributed by atoms with Crippen molar-refractivity contribution >= 4 is 10.0 Å². The Morgan fingerprint density at radius 1 is 1.07 bits per heavy atom. The van der Waals surface area contributed by atoms with Crippen LogP contribution in [-0.2, 0) is 23.1 Å². The van der Waals surface area contributed by atoms with Crippen molar-refractivity contribution in [3.63, 3.8) is 0 Å². The van der Waals surface area contributed by atoms with Crippen LogP contribution in [0.3, 0.4) is 0 Å². The van der Waals surface area contributed by atoms with E-state index in [1.807, 2.05) is 24.7 Å². The maximum atomic E-state index is 12.8. The van der Waals surface area contributed by atoms with Crippen molar-refractivity contribution in [2.75, 3.05) is 26.2 Å². The first-order chi connectivity index (χ1) is 12.7. The highest BCUT2D eigenvalue weighted by Gasteiger charge is 2.32. The van der Waals surface area contributed by atoms with E-state index in [9.17, 15) is 17.2 Å². The summed E-state index contributed by atoms with van der Waals surface area (Å²) in [5, 5.41) is 8.03. The van der Waals surface area contributed by atoms with E-state index in [0.29, 0.717) is 37.4 Å². The minimum Gasteiger partial charge on any atom is -0.296 e. The van der Waals surface area contributed by atoms with Crippen molar-refractivity contribution in [3.05, 3.63) is 29.3 Å². The van der Waals surface area contributed by atoms with Gasteiger partial charge in [0.05, 0.1) is 17.6 Å². The van der Waals surface area contributed by atoms with E-state index in [4.69, 9.17) is 0 Å². The van der Waals surface area contributed by atoms with Crippen LogP contribution in [0.2, 0.25) is 0 Å². The molecule has 0 aliphatic carbocycles. The van der Waals surface area contributed by atoms with Gasteiger partial charge in [-0.3, -0.25) is 9.58 Å². The first kappa shape index (κ1) is 19.9. The molecule has 0 aromatic carbocycles. The molecule has 0 bridgehead atoms. The Labute approximate surface area is 157 Å². The lowest BCUT2D eigenvalue weighted by Crippen LogP contribution is -2.48. The van der Waals surface area contributed by atoms with Crippen LogP contribution < -0.4 is 0 Å². The second-order valence-corrected chi connectivity index (χ2v) is 8.52. The topological polar surface area (TPSA) is 76.3 Å². The molecule has 1 saturated heterocycles. The summed E-state index contributed by atoms with van der Waals surface area (Å²) in [4.78, 5) is 2.02. The van der Waals surface area contributed by atoms with Crippen LogP contribution in [0, 0.1) is 13.8 Å². The first-order valence-corrected chi connectivity index (χ1v) is 10.3. The maximum absolute atomic E-state index is 12.8. The van der Waals surface area contributed by atoms with E-state index in [1.165, 1.54) is 11.2 Å². The lowest BCUT2D eigenvalue weighted by molar-refractivity contribution is 0.0561. The number of piperazine rings is 1. The third-order valence-corrected chi connectivity index (χ3v) is 6.79.